The number of pyridine rings is 1. The number of benzene rings is 1. The van der Waals surface area contributed by atoms with Crippen LogP contribution in [0.5, 0.6) is 0 Å². The molecule has 2 rings (SSSR count). The van der Waals surface area contributed by atoms with Gasteiger partial charge in [0.2, 0.25) is 0 Å². The topological polar surface area (TPSA) is 48.0 Å². The van der Waals surface area contributed by atoms with Crippen LogP contribution in [0.25, 0.3) is 10.9 Å². The molecule has 84 valence electrons. The first-order chi connectivity index (χ1) is 7.63. The average Bonchev–Trinajstić information content (AvgIpc) is 2.24. The van der Waals surface area contributed by atoms with E-state index in [1.54, 1.807) is 6.07 Å². The van der Waals surface area contributed by atoms with Crippen molar-refractivity contribution in [1.82, 2.24) is 4.57 Å². The highest BCUT2D eigenvalue weighted by Crippen LogP contribution is 2.19. The Bertz CT molecular complexity index is 584. The maximum atomic E-state index is 11.9. The van der Waals surface area contributed by atoms with Crippen molar-refractivity contribution in [3.8, 4) is 0 Å². The number of nitrogens with two attached hydrogens (primary N) is 1. The van der Waals surface area contributed by atoms with E-state index in [0.717, 1.165) is 35.1 Å². The lowest BCUT2D eigenvalue weighted by Crippen LogP contribution is -2.20. The molecule has 1 aromatic heterocycles. The fourth-order valence-electron chi connectivity index (χ4n) is 2.02. The summed E-state index contributed by atoms with van der Waals surface area (Å²) < 4.78 is 1.81. The minimum Gasteiger partial charge on any atom is -0.399 e. The quantitative estimate of drug-likeness (QED) is 0.783. The third-order valence-electron chi connectivity index (χ3n) is 2.79. The Labute approximate surface area is 94.5 Å². The highest BCUT2D eigenvalue weighted by Gasteiger charge is 2.05. The van der Waals surface area contributed by atoms with E-state index in [0.29, 0.717) is 0 Å². The van der Waals surface area contributed by atoms with Crippen LogP contribution in [0.2, 0.25) is 0 Å². The fourth-order valence-corrected chi connectivity index (χ4v) is 2.02. The van der Waals surface area contributed by atoms with E-state index in [-0.39, 0.29) is 5.56 Å². The molecule has 0 aliphatic carbocycles. The highest BCUT2D eigenvalue weighted by atomic mass is 16.1. The maximum absolute atomic E-state index is 11.9. The summed E-state index contributed by atoms with van der Waals surface area (Å²) in [6.07, 6.45) is 0.947. The monoisotopic (exact) mass is 216 g/mol. The molecule has 0 amide bonds. The summed E-state index contributed by atoms with van der Waals surface area (Å²) in [6.45, 7) is 4.76. The van der Waals surface area contributed by atoms with Crippen molar-refractivity contribution in [2.75, 3.05) is 5.73 Å². The summed E-state index contributed by atoms with van der Waals surface area (Å²) in [5.41, 5.74) is 8.53. The molecule has 0 saturated carbocycles. The number of nitrogens with zero attached hydrogens (tertiary/aromatic N) is 1. The summed E-state index contributed by atoms with van der Waals surface area (Å²) in [5, 5.41) is 1.06. The molecular weight excluding hydrogens is 200 g/mol. The summed E-state index contributed by atoms with van der Waals surface area (Å²) in [4.78, 5) is 11.9. The summed E-state index contributed by atoms with van der Waals surface area (Å²) in [6, 6.07) is 7.37. The largest absolute Gasteiger partial charge is 0.399 e. The predicted molar refractivity (Wildman–Crippen MR) is 67.6 cm³/mol. The Morgan fingerprint density at radius 1 is 1.31 bits per heavy atom. The molecule has 1 heterocycles. The zero-order chi connectivity index (χ0) is 11.7. The second-order valence-corrected chi connectivity index (χ2v) is 4.09. The molecule has 0 fully saturated rings. The lowest BCUT2D eigenvalue weighted by Gasteiger charge is -2.11. The fraction of sp³-hybridized carbons (Fsp3) is 0.308. The van der Waals surface area contributed by atoms with Gasteiger partial charge in [-0.1, -0.05) is 6.92 Å². The van der Waals surface area contributed by atoms with Crippen LogP contribution in [0.15, 0.2) is 29.1 Å². The molecule has 0 aliphatic rings. The van der Waals surface area contributed by atoms with Gasteiger partial charge in [-0.2, -0.15) is 0 Å². The van der Waals surface area contributed by atoms with Gasteiger partial charge in [0.25, 0.3) is 5.56 Å². The van der Waals surface area contributed by atoms with Crippen molar-refractivity contribution >= 4 is 16.6 Å². The third-order valence-corrected chi connectivity index (χ3v) is 2.79. The molecule has 0 bridgehead atoms. The zero-order valence-electron chi connectivity index (χ0n) is 9.66. The number of fused-ring (bicyclic) bond motifs is 1. The molecule has 2 aromatic rings. The molecule has 0 radical (unpaired) electrons. The molecule has 0 spiro atoms. The summed E-state index contributed by atoms with van der Waals surface area (Å²) in [7, 11) is 0. The lowest BCUT2D eigenvalue weighted by atomic mass is 10.1. The van der Waals surface area contributed by atoms with Crippen LogP contribution in [0.4, 0.5) is 5.69 Å². The highest BCUT2D eigenvalue weighted by molar-refractivity contribution is 5.85. The first-order valence-corrected chi connectivity index (χ1v) is 5.53. The van der Waals surface area contributed by atoms with Gasteiger partial charge in [-0.05, 0) is 37.1 Å². The second kappa shape index (κ2) is 4.00. The standard InChI is InChI=1S/C13H16N2O/c1-3-6-15-12-5-4-10(14)8-11(12)9(2)7-13(15)16/h4-5,7-8H,3,6,14H2,1-2H3. The maximum Gasteiger partial charge on any atom is 0.251 e. The van der Waals surface area contributed by atoms with Crippen molar-refractivity contribution in [2.24, 2.45) is 0 Å². The van der Waals surface area contributed by atoms with Crippen molar-refractivity contribution in [1.29, 1.82) is 0 Å². The first kappa shape index (κ1) is 10.7. The Balaban J connectivity index is 2.84. The number of rotatable bonds is 2. The Hall–Kier alpha value is -1.77. The number of aryl methyl sites for hydroxylation is 2. The van der Waals surface area contributed by atoms with E-state index in [1.165, 1.54) is 0 Å². The van der Waals surface area contributed by atoms with Gasteiger partial charge in [0.15, 0.2) is 0 Å². The van der Waals surface area contributed by atoms with Crippen LogP contribution in [0.3, 0.4) is 0 Å². The number of aromatic nitrogens is 1. The van der Waals surface area contributed by atoms with Gasteiger partial charge in [0.1, 0.15) is 0 Å². The van der Waals surface area contributed by atoms with E-state index < -0.39 is 0 Å². The second-order valence-electron chi connectivity index (χ2n) is 4.09. The minimum absolute atomic E-state index is 0.0663. The van der Waals surface area contributed by atoms with E-state index in [2.05, 4.69) is 6.92 Å². The van der Waals surface area contributed by atoms with Gasteiger partial charge < -0.3 is 10.3 Å². The van der Waals surface area contributed by atoms with Crippen molar-refractivity contribution in [3.05, 3.63) is 40.2 Å². The van der Waals surface area contributed by atoms with Gasteiger partial charge in [0, 0.05) is 23.7 Å². The average molecular weight is 216 g/mol. The van der Waals surface area contributed by atoms with Crippen molar-refractivity contribution in [3.63, 3.8) is 0 Å². The molecule has 3 heteroatoms. The van der Waals surface area contributed by atoms with E-state index >= 15 is 0 Å². The van der Waals surface area contributed by atoms with Gasteiger partial charge in [-0.25, -0.2) is 0 Å². The van der Waals surface area contributed by atoms with Crippen LogP contribution in [-0.4, -0.2) is 4.57 Å². The normalized spacial score (nSPS) is 10.9. The zero-order valence-corrected chi connectivity index (χ0v) is 9.66. The minimum atomic E-state index is 0.0663. The van der Waals surface area contributed by atoms with Crippen molar-refractivity contribution in [2.45, 2.75) is 26.8 Å². The van der Waals surface area contributed by atoms with E-state index in [9.17, 15) is 4.79 Å². The molecule has 3 nitrogen and oxygen atoms in total. The predicted octanol–water partition coefficient (Wildman–Crippen LogP) is 2.30. The van der Waals surface area contributed by atoms with Gasteiger partial charge >= 0.3 is 0 Å². The smallest absolute Gasteiger partial charge is 0.251 e. The lowest BCUT2D eigenvalue weighted by molar-refractivity contribution is 0.677. The number of hydrogen-bond donors (Lipinski definition) is 1. The van der Waals surface area contributed by atoms with Gasteiger partial charge in [-0.3, -0.25) is 4.79 Å². The van der Waals surface area contributed by atoms with E-state index in [1.807, 2.05) is 29.7 Å². The molecule has 16 heavy (non-hydrogen) atoms. The SMILES string of the molecule is CCCn1c(=O)cc(C)c2cc(N)ccc21. The summed E-state index contributed by atoms with van der Waals surface area (Å²) >= 11 is 0. The summed E-state index contributed by atoms with van der Waals surface area (Å²) in [5.74, 6) is 0. The van der Waals surface area contributed by atoms with Crippen LogP contribution in [0.1, 0.15) is 18.9 Å². The first-order valence-electron chi connectivity index (χ1n) is 5.53. The van der Waals surface area contributed by atoms with Crippen LogP contribution >= 0.6 is 0 Å². The van der Waals surface area contributed by atoms with Gasteiger partial charge in [0.05, 0.1) is 5.52 Å². The molecule has 0 saturated heterocycles. The van der Waals surface area contributed by atoms with Crippen molar-refractivity contribution < 1.29 is 0 Å². The molecule has 0 atom stereocenters. The van der Waals surface area contributed by atoms with Crippen LogP contribution < -0.4 is 11.3 Å². The molecular formula is C13H16N2O. The molecule has 0 aliphatic heterocycles. The molecule has 1 aromatic carbocycles. The number of anilines is 1. The van der Waals surface area contributed by atoms with Crippen LogP contribution in [0, 0.1) is 6.92 Å². The Morgan fingerprint density at radius 3 is 2.75 bits per heavy atom. The molecule has 2 N–H and O–H groups in total. The van der Waals surface area contributed by atoms with E-state index in [4.69, 9.17) is 5.73 Å². The Kier molecular flexibility index (Phi) is 2.69. The number of hydrogen-bond acceptors (Lipinski definition) is 2. The third kappa shape index (κ3) is 1.69. The number of nitrogen functional groups attached to an aromatic ring is 1. The van der Waals surface area contributed by atoms with Gasteiger partial charge in [-0.15, -0.1) is 0 Å². The molecule has 0 unspecified atom stereocenters. The Morgan fingerprint density at radius 2 is 2.06 bits per heavy atom. The van der Waals surface area contributed by atoms with Crippen LogP contribution in [-0.2, 0) is 6.54 Å².